The lowest BCUT2D eigenvalue weighted by molar-refractivity contribution is 0.410. The normalized spacial score (nSPS) is 12.3. The van der Waals surface area contributed by atoms with Crippen LogP contribution in [0.4, 0.5) is 13.2 Å². The summed E-state index contributed by atoms with van der Waals surface area (Å²) in [5.74, 6) is -2.58. The molecule has 0 radical (unpaired) electrons. The van der Waals surface area contributed by atoms with Crippen LogP contribution in [-0.2, 0) is 0 Å². The van der Waals surface area contributed by atoms with Crippen molar-refractivity contribution in [1.82, 2.24) is 0 Å². The molecule has 1 atom stereocenters. The van der Waals surface area contributed by atoms with E-state index in [4.69, 9.17) is 10.5 Å². The van der Waals surface area contributed by atoms with Crippen molar-refractivity contribution in [3.8, 4) is 11.5 Å². The molecule has 0 aliphatic rings. The molecule has 0 bridgehead atoms. The van der Waals surface area contributed by atoms with Crippen LogP contribution in [0.1, 0.15) is 24.1 Å². The lowest BCUT2D eigenvalue weighted by atomic mass is 10.1. The van der Waals surface area contributed by atoms with E-state index in [9.17, 15) is 13.2 Å². The van der Waals surface area contributed by atoms with Gasteiger partial charge in [-0.25, -0.2) is 8.78 Å². The first-order chi connectivity index (χ1) is 9.40. The minimum absolute atomic E-state index is 0.211. The van der Waals surface area contributed by atoms with Crippen molar-refractivity contribution >= 4 is 0 Å². The largest absolute Gasteiger partial charge is 0.454 e. The minimum atomic E-state index is -1.09. The monoisotopic (exact) mass is 281 g/mol. The summed E-state index contributed by atoms with van der Waals surface area (Å²) in [7, 11) is 0. The van der Waals surface area contributed by atoms with E-state index in [1.807, 2.05) is 0 Å². The number of benzene rings is 2. The third-order valence-corrected chi connectivity index (χ3v) is 2.92. The first-order valence-electron chi connectivity index (χ1n) is 6.07. The standard InChI is InChI=1S/C15H14F3NO/c1-8-6-14(10(9(2)19)7-12(8)17)20-13-5-3-4-11(16)15(13)18/h3-7,9H,19H2,1-2H3. The zero-order chi connectivity index (χ0) is 14.9. The Kier molecular flexibility index (Phi) is 3.99. The van der Waals surface area contributed by atoms with Gasteiger partial charge in [0.25, 0.3) is 0 Å². The Morgan fingerprint density at radius 3 is 2.40 bits per heavy atom. The molecule has 0 heterocycles. The Morgan fingerprint density at radius 2 is 1.75 bits per heavy atom. The number of aryl methyl sites for hydroxylation is 1. The van der Waals surface area contributed by atoms with Gasteiger partial charge in [0.2, 0.25) is 5.82 Å². The average Bonchev–Trinajstić information content (AvgIpc) is 2.38. The predicted octanol–water partition coefficient (Wildman–Crippen LogP) is 4.22. The highest BCUT2D eigenvalue weighted by Crippen LogP contribution is 2.32. The van der Waals surface area contributed by atoms with E-state index in [2.05, 4.69) is 0 Å². The summed E-state index contributed by atoms with van der Waals surface area (Å²) in [6.45, 7) is 3.20. The molecule has 1 unspecified atom stereocenters. The molecule has 2 aromatic carbocycles. The summed E-state index contributed by atoms with van der Waals surface area (Å²) in [6.07, 6.45) is 0. The maximum Gasteiger partial charge on any atom is 0.201 e. The summed E-state index contributed by atoms with van der Waals surface area (Å²) >= 11 is 0. The molecule has 0 spiro atoms. The Balaban J connectivity index is 2.47. The van der Waals surface area contributed by atoms with E-state index in [0.29, 0.717) is 11.1 Å². The number of ether oxygens (including phenoxy) is 1. The average molecular weight is 281 g/mol. The van der Waals surface area contributed by atoms with Crippen molar-refractivity contribution in [3.63, 3.8) is 0 Å². The fraction of sp³-hybridized carbons (Fsp3) is 0.200. The van der Waals surface area contributed by atoms with Crippen LogP contribution in [0.5, 0.6) is 11.5 Å². The Morgan fingerprint density at radius 1 is 1.05 bits per heavy atom. The molecular formula is C15H14F3NO. The molecule has 106 valence electrons. The molecule has 0 fully saturated rings. The van der Waals surface area contributed by atoms with Crippen molar-refractivity contribution in [1.29, 1.82) is 0 Å². The molecule has 2 nitrogen and oxygen atoms in total. The molecule has 2 N–H and O–H groups in total. The zero-order valence-electron chi connectivity index (χ0n) is 11.1. The van der Waals surface area contributed by atoms with E-state index < -0.39 is 23.5 Å². The molecule has 2 aromatic rings. The molecule has 0 aliphatic heterocycles. The molecule has 0 aliphatic carbocycles. The van der Waals surface area contributed by atoms with Gasteiger partial charge in [0, 0.05) is 11.6 Å². The molecule has 0 saturated heterocycles. The quantitative estimate of drug-likeness (QED) is 0.914. The van der Waals surface area contributed by atoms with Gasteiger partial charge < -0.3 is 10.5 Å². The fourth-order valence-corrected chi connectivity index (χ4v) is 1.80. The second-order valence-electron chi connectivity index (χ2n) is 4.58. The number of rotatable bonds is 3. The van der Waals surface area contributed by atoms with E-state index in [1.165, 1.54) is 24.3 Å². The summed E-state index contributed by atoms with van der Waals surface area (Å²) in [6, 6.07) is 5.77. The van der Waals surface area contributed by atoms with Crippen LogP contribution >= 0.6 is 0 Å². The first kappa shape index (κ1) is 14.4. The van der Waals surface area contributed by atoms with E-state index >= 15 is 0 Å². The third-order valence-electron chi connectivity index (χ3n) is 2.92. The first-order valence-corrected chi connectivity index (χ1v) is 6.07. The third kappa shape index (κ3) is 2.77. The molecule has 5 heteroatoms. The highest BCUT2D eigenvalue weighted by molar-refractivity contribution is 5.43. The van der Waals surface area contributed by atoms with Gasteiger partial charge in [0.15, 0.2) is 11.6 Å². The van der Waals surface area contributed by atoms with E-state index in [1.54, 1.807) is 13.8 Å². The van der Waals surface area contributed by atoms with Crippen molar-refractivity contribution in [3.05, 3.63) is 58.9 Å². The Labute approximate surface area is 115 Å². The van der Waals surface area contributed by atoms with E-state index in [-0.39, 0.29) is 11.5 Å². The smallest absolute Gasteiger partial charge is 0.201 e. The Hall–Kier alpha value is -2.01. The van der Waals surface area contributed by atoms with Crippen LogP contribution in [0.2, 0.25) is 0 Å². The van der Waals surface area contributed by atoms with Crippen LogP contribution in [0.25, 0.3) is 0 Å². The highest BCUT2D eigenvalue weighted by Gasteiger charge is 2.16. The van der Waals surface area contributed by atoms with Crippen LogP contribution in [0, 0.1) is 24.4 Å². The number of nitrogens with two attached hydrogens (primary N) is 1. The van der Waals surface area contributed by atoms with Gasteiger partial charge >= 0.3 is 0 Å². The van der Waals surface area contributed by atoms with Crippen LogP contribution in [0.15, 0.2) is 30.3 Å². The van der Waals surface area contributed by atoms with Crippen molar-refractivity contribution in [2.75, 3.05) is 0 Å². The molecule has 0 saturated carbocycles. The second-order valence-corrected chi connectivity index (χ2v) is 4.58. The second kappa shape index (κ2) is 5.54. The minimum Gasteiger partial charge on any atom is -0.454 e. The van der Waals surface area contributed by atoms with Gasteiger partial charge in [-0.2, -0.15) is 4.39 Å². The van der Waals surface area contributed by atoms with Gasteiger partial charge in [0.05, 0.1) is 0 Å². The summed E-state index contributed by atoms with van der Waals surface area (Å²) in [4.78, 5) is 0. The fourth-order valence-electron chi connectivity index (χ4n) is 1.80. The van der Waals surface area contributed by atoms with Gasteiger partial charge in [-0.1, -0.05) is 6.07 Å². The van der Waals surface area contributed by atoms with Crippen LogP contribution < -0.4 is 10.5 Å². The number of halogens is 3. The molecule has 20 heavy (non-hydrogen) atoms. The molecule has 2 rings (SSSR count). The van der Waals surface area contributed by atoms with Crippen molar-refractivity contribution in [2.24, 2.45) is 5.73 Å². The SMILES string of the molecule is Cc1cc(Oc2cccc(F)c2F)c(C(C)N)cc1F. The predicted molar refractivity (Wildman–Crippen MR) is 70.2 cm³/mol. The van der Waals surface area contributed by atoms with Crippen LogP contribution in [-0.4, -0.2) is 0 Å². The molecule has 0 aromatic heterocycles. The summed E-state index contributed by atoms with van der Waals surface area (Å²) in [5.41, 5.74) is 6.46. The van der Waals surface area contributed by atoms with Crippen molar-refractivity contribution < 1.29 is 17.9 Å². The lowest BCUT2D eigenvalue weighted by Gasteiger charge is -2.15. The number of hydrogen-bond donors (Lipinski definition) is 1. The Bertz CT molecular complexity index is 641. The van der Waals surface area contributed by atoms with Gasteiger partial charge in [-0.05, 0) is 43.7 Å². The van der Waals surface area contributed by atoms with Gasteiger partial charge in [-0.15, -0.1) is 0 Å². The van der Waals surface area contributed by atoms with Gasteiger partial charge in [-0.3, -0.25) is 0 Å². The molecule has 0 amide bonds. The highest BCUT2D eigenvalue weighted by atomic mass is 19.2. The lowest BCUT2D eigenvalue weighted by Crippen LogP contribution is -2.08. The van der Waals surface area contributed by atoms with E-state index in [0.717, 1.165) is 6.07 Å². The zero-order valence-corrected chi connectivity index (χ0v) is 11.1. The number of hydrogen-bond acceptors (Lipinski definition) is 2. The summed E-state index contributed by atoms with van der Waals surface area (Å²) < 4.78 is 45.7. The molecular weight excluding hydrogens is 267 g/mol. The maximum absolute atomic E-state index is 13.6. The summed E-state index contributed by atoms with van der Waals surface area (Å²) in [5, 5.41) is 0. The maximum atomic E-state index is 13.6. The topological polar surface area (TPSA) is 35.2 Å². The van der Waals surface area contributed by atoms with Gasteiger partial charge in [0.1, 0.15) is 11.6 Å². The van der Waals surface area contributed by atoms with Crippen molar-refractivity contribution in [2.45, 2.75) is 19.9 Å². The van der Waals surface area contributed by atoms with Crippen LogP contribution in [0.3, 0.4) is 0 Å².